The third kappa shape index (κ3) is 2.89. The fourth-order valence-corrected chi connectivity index (χ4v) is 4.77. The molecule has 6 heteroatoms. The van der Waals surface area contributed by atoms with Crippen LogP contribution in [0.15, 0.2) is 54.6 Å². The van der Waals surface area contributed by atoms with Crippen LogP contribution in [0.1, 0.15) is 25.1 Å². The summed E-state index contributed by atoms with van der Waals surface area (Å²) in [6, 6.07) is 13.0. The van der Waals surface area contributed by atoms with Crippen molar-refractivity contribution >= 4 is 34.8 Å². The third-order valence-electron chi connectivity index (χ3n) is 5.57. The predicted octanol–water partition coefficient (Wildman–Crippen LogP) is 6.50. The molecular weight excluding hydrogens is 401 g/mol. The van der Waals surface area contributed by atoms with Crippen LogP contribution in [0, 0.1) is 5.92 Å². The Morgan fingerprint density at radius 1 is 1.00 bits per heavy atom. The number of nitrogens with zero attached hydrogens (tertiary/aromatic N) is 3. The molecule has 5 rings (SSSR count). The van der Waals surface area contributed by atoms with Gasteiger partial charge in [0, 0.05) is 15.6 Å². The second-order valence-electron chi connectivity index (χ2n) is 7.29. The van der Waals surface area contributed by atoms with Crippen LogP contribution in [0.3, 0.4) is 0 Å². The van der Waals surface area contributed by atoms with E-state index in [1.807, 2.05) is 41.1 Å². The number of benzene rings is 2. The average Bonchev–Trinajstić information content (AvgIpc) is 3.37. The first-order chi connectivity index (χ1) is 13.0. The number of hydrogen-bond acceptors (Lipinski definition) is 2. The molecule has 1 heterocycles. The number of halogens is 3. The molecule has 2 aliphatic rings. The molecule has 1 fully saturated rings. The van der Waals surface area contributed by atoms with Gasteiger partial charge in [0.1, 0.15) is 0 Å². The van der Waals surface area contributed by atoms with Gasteiger partial charge < -0.3 is 0 Å². The molecule has 1 saturated carbocycles. The number of allylic oxidation sites excluding steroid dienone is 2. The van der Waals surface area contributed by atoms with E-state index in [1.165, 1.54) is 6.42 Å². The van der Waals surface area contributed by atoms with Gasteiger partial charge in [0.25, 0.3) is 0 Å². The molecule has 2 unspecified atom stereocenters. The van der Waals surface area contributed by atoms with E-state index in [4.69, 9.17) is 44.9 Å². The highest BCUT2D eigenvalue weighted by molar-refractivity contribution is 6.35. The monoisotopic (exact) mass is 415 g/mol. The molecule has 136 valence electrons. The van der Waals surface area contributed by atoms with Crippen molar-refractivity contribution in [2.45, 2.75) is 24.7 Å². The minimum absolute atomic E-state index is 0.0595. The number of aromatic nitrogens is 3. The van der Waals surface area contributed by atoms with Gasteiger partial charge in [0.15, 0.2) is 11.6 Å². The maximum absolute atomic E-state index is 6.49. The van der Waals surface area contributed by atoms with E-state index >= 15 is 0 Å². The summed E-state index contributed by atoms with van der Waals surface area (Å²) in [5.41, 5.74) is 1.64. The van der Waals surface area contributed by atoms with E-state index in [0.29, 0.717) is 21.0 Å². The molecule has 1 aromatic heterocycles. The Hall–Kier alpha value is -1.81. The lowest BCUT2D eigenvalue weighted by Crippen LogP contribution is -2.19. The molecule has 3 nitrogen and oxygen atoms in total. The first-order valence-electron chi connectivity index (χ1n) is 8.92. The molecule has 2 aliphatic carbocycles. The Balaban J connectivity index is 1.70. The smallest absolute Gasteiger partial charge is 0.163 e. The number of fused-ring (bicyclic) bond motifs is 2. The molecule has 0 aliphatic heterocycles. The van der Waals surface area contributed by atoms with Crippen molar-refractivity contribution < 1.29 is 0 Å². The van der Waals surface area contributed by atoms with Crippen LogP contribution in [0.5, 0.6) is 0 Å². The zero-order chi connectivity index (χ0) is 18.6. The van der Waals surface area contributed by atoms with E-state index in [2.05, 4.69) is 12.2 Å². The largest absolute Gasteiger partial charge is 0.211 e. The van der Waals surface area contributed by atoms with Gasteiger partial charge in [-0.05, 0) is 67.6 Å². The minimum Gasteiger partial charge on any atom is -0.211 e. The van der Waals surface area contributed by atoms with Crippen LogP contribution in [-0.2, 0) is 5.41 Å². The molecule has 0 radical (unpaired) electrons. The SMILES string of the molecule is Clc1ccc(-c2nc(C34C=CC(CC3)C4)nn2-c2ccc(Cl)cc2Cl)cc1. The zero-order valence-electron chi connectivity index (χ0n) is 14.4. The predicted molar refractivity (Wildman–Crippen MR) is 110 cm³/mol. The Kier molecular flexibility index (Phi) is 4.08. The molecule has 0 saturated heterocycles. The van der Waals surface area contributed by atoms with Crippen LogP contribution in [-0.4, -0.2) is 14.8 Å². The van der Waals surface area contributed by atoms with E-state index < -0.39 is 0 Å². The molecule has 0 spiro atoms. The van der Waals surface area contributed by atoms with Crippen molar-refractivity contribution in [3.05, 3.63) is 75.5 Å². The van der Waals surface area contributed by atoms with Gasteiger partial charge in [-0.2, -0.15) is 0 Å². The second-order valence-corrected chi connectivity index (χ2v) is 8.57. The lowest BCUT2D eigenvalue weighted by atomic mass is 9.87. The third-order valence-corrected chi connectivity index (χ3v) is 6.36. The van der Waals surface area contributed by atoms with Crippen LogP contribution in [0.4, 0.5) is 0 Å². The first kappa shape index (κ1) is 17.3. The van der Waals surface area contributed by atoms with E-state index in [1.54, 1.807) is 6.07 Å². The molecule has 0 N–H and O–H groups in total. The van der Waals surface area contributed by atoms with Crippen molar-refractivity contribution in [1.29, 1.82) is 0 Å². The van der Waals surface area contributed by atoms with Crippen LogP contribution >= 0.6 is 34.8 Å². The summed E-state index contributed by atoms with van der Waals surface area (Å²) in [4.78, 5) is 4.97. The topological polar surface area (TPSA) is 30.7 Å². The highest BCUT2D eigenvalue weighted by Crippen LogP contribution is 2.50. The summed E-state index contributed by atoms with van der Waals surface area (Å²) in [7, 11) is 0. The molecule has 27 heavy (non-hydrogen) atoms. The molecule has 2 atom stereocenters. The van der Waals surface area contributed by atoms with Gasteiger partial charge in [-0.25, -0.2) is 9.67 Å². The van der Waals surface area contributed by atoms with Gasteiger partial charge in [-0.15, -0.1) is 5.10 Å². The van der Waals surface area contributed by atoms with E-state index in [-0.39, 0.29) is 5.41 Å². The van der Waals surface area contributed by atoms with Crippen molar-refractivity contribution in [1.82, 2.24) is 14.8 Å². The lowest BCUT2D eigenvalue weighted by molar-refractivity contribution is 0.526. The summed E-state index contributed by atoms with van der Waals surface area (Å²) in [5, 5.41) is 6.73. The molecule has 2 aromatic carbocycles. The number of rotatable bonds is 3. The summed E-state index contributed by atoms with van der Waals surface area (Å²) in [6.07, 6.45) is 7.97. The maximum Gasteiger partial charge on any atom is 0.163 e. The summed E-state index contributed by atoms with van der Waals surface area (Å²) in [6.45, 7) is 0. The van der Waals surface area contributed by atoms with Gasteiger partial charge in [-0.3, -0.25) is 0 Å². The lowest BCUT2D eigenvalue weighted by Gasteiger charge is -2.18. The minimum atomic E-state index is -0.0595. The second kappa shape index (κ2) is 6.37. The quantitative estimate of drug-likeness (QED) is 0.456. The molecular formula is C21H16Cl3N3. The standard InChI is InChI=1S/C21H16Cl3N3/c22-15-3-1-14(2-4-15)19-25-20(21-9-7-13(12-21)8-10-21)26-27(19)18-6-5-16(23)11-17(18)24/h1-7,9,11,13H,8,10,12H2. The van der Waals surface area contributed by atoms with Crippen molar-refractivity contribution in [2.24, 2.45) is 5.92 Å². The highest BCUT2D eigenvalue weighted by Gasteiger charge is 2.45. The van der Waals surface area contributed by atoms with Crippen molar-refractivity contribution in [2.75, 3.05) is 0 Å². The van der Waals surface area contributed by atoms with Gasteiger partial charge >= 0.3 is 0 Å². The summed E-state index contributed by atoms with van der Waals surface area (Å²) in [5.74, 6) is 2.26. The molecule has 3 aromatic rings. The van der Waals surface area contributed by atoms with Crippen LogP contribution < -0.4 is 0 Å². The Morgan fingerprint density at radius 3 is 2.41 bits per heavy atom. The normalized spacial score (nSPS) is 23.3. The fourth-order valence-electron chi connectivity index (χ4n) is 4.16. The van der Waals surface area contributed by atoms with Crippen LogP contribution in [0.25, 0.3) is 17.1 Å². The van der Waals surface area contributed by atoms with E-state index in [0.717, 1.165) is 35.7 Å². The first-order valence-corrected chi connectivity index (χ1v) is 10.1. The maximum atomic E-state index is 6.49. The van der Waals surface area contributed by atoms with Crippen molar-refractivity contribution in [3.63, 3.8) is 0 Å². The van der Waals surface area contributed by atoms with Crippen LogP contribution in [0.2, 0.25) is 15.1 Å². The fraction of sp³-hybridized carbons (Fsp3) is 0.238. The van der Waals surface area contributed by atoms with E-state index in [9.17, 15) is 0 Å². The average molecular weight is 417 g/mol. The Morgan fingerprint density at radius 2 is 1.78 bits per heavy atom. The zero-order valence-corrected chi connectivity index (χ0v) is 16.6. The Bertz CT molecular complexity index is 1060. The number of hydrogen-bond donors (Lipinski definition) is 0. The van der Waals surface area contributed by atoms with Gasteiger partial charge in [0.2, 0.25) is 0 Å². The summed E-state index contributed by atoms with van der Waals surface area (Å²) >= 11 is 18.6. The molecule has 2 bridgehead atoms. The highest BCUT2D eigenvalue weighted by atomic mass is 35.5. The van der Waals surface area contributed by atoms with Gasteiger partial charge in [-0.1, -0.05) is 47.0 Å². The molecule has 0 amide bonds. The Labute approximate surface area is 172 Å². The van der Waals surface area contributed by atoms with Crippen molar-refractivity contribution in [3.8, 4) is 17.1 Å². The summed E-state index contributed by atoms with van der Waals surface area (Å²) < 4.78 is 1.82. The van der Waals surface area contributed by atoms with Gasteiger partial charge in [0.05, 0.1) is 16.1 Å².